The number of aryl methyl sites for hydroxylation is 1. The highest BCUT2D eigenvalue weighted by Gasteiger charge is 2.70. The van der Waals surface area contributed by atoms with Crippen molar-refractivity contribution in [1.29, 1.82) is 0 Å². The summed E-state index contributed by atoms with van der Waals surface area (Å²) in [5.41, 5.74) is -0.772. The fourth-order valence-corrected chi connectivity index (χ4v) is 6.32. The van der Waals surface area contributed by atoms with E-state index in [4.69, 9.17) is 4.42 Å². The first-order chi connectivity index (χ1) is 13.3. The van der Waals surface area contributed by atoms with Crippen molar-refractivity contribution in [2.45, 2.75) is 29.5 Å². The molecule has 0 saturated heterocycles. The van der Waals surface area contributed by atoms with Crippen LogP contribution in [0.1, 0.15) is 24.2 Å². The van der Waals surface area contributed by atoms with Gasteiger partial charge in [0.05, 0.1) is 11.1 Å². The third-order valence-corrected chi connectivity index (χ3v) is 8.14. The van der Waals surface area contributed by atoms with E-state index in [0.717, 1.165) is 16.9 Å². The minimum Gasteiger partial charge on any atom is -0.480 e. The highest BCUT2D eigenvalue weighted by atomic mass is 32.2. The van der Waals surface area contributed by atoms with Crippen molar-refractivity contribution >= 4 is 27.3 Å². The maximum absolute atomic E-state index is 12.9. The SMILES string of the molecule is Cc1cnc(-c2ccc(S(=O)(=O)N[C@@]3(C(=O)O)C(C)[C@@H]3c3ccccc3)s2)o1. The number of carboxylic acids is 1. The number of benzene rings is 1. The summed E-state index contributed by atoms with van der Waals surface area (Å²) in [5.74, 6) is -1.05. The van der Waals surface area contributed by atoms with Crippen molar-refractivity contribution in [2.75, 3.05) is 0 Å². The summed E-state index contributed by atoms with van der Waals surface area (Å²) in [4.78, 5) is 16.7. The number of nitrogens with zero attached hydrogens (tertiary/aromatic N) is 1. The molecule has 2 aromatic heterocycles. The first-order valence-electron chi connectivity index (χ1n) is 8.60. The van der Waals surface area contributed by atoms with Gasteiger partial charge in [-0.05, 0) is 30.5 Å². The average molecular weight is 418 g/mol. The van der Waals surface area contributed by atoms with Crippen LogP contribution < -0.4 is 4.72 Å². The topological polar surface area (TPSA) is 110 Å². The van der Waals surface area contributed by atoms with Gasteiger partial charge in [0, 0.05) is 5.92 Å². The maximum Gasteiger partial charge on any atom is 0.325 e. The third kappa shape index (κ3) is 2.95. The minimum absolute atomic E-state index is 0.0184. The van der Waals surface area contributed by atoms with Gasteiger partial charge in [-0.2, -0.15) is 4.72 Å². The Bertz CT molecular complexity index is 1140. The summed E-state index contributed by atoms with van der Waals surface area (Å²) >= 11 is 0.985. The second-order valence-corrected chi connectivity index (χ2v) is 9.84. The van der Waals surface area contributed by atoms with Gasteiger partial charge in [-0.3, -0.25) is 4.79 Å². The largest absolute Gasteiger partial charge is 0.480 e. The number of hydrogen-bond donors (Lipinski definition) is 2. The van der Waals surface area contributed by atoms with Crippen molar-refractivity contribution in [3.63, 3.8) is 0 Å². The second-order valence-electron chi connectivity index (χ2n) is 6.85. The van der Waals surface area contributed by atoms with Gasteiger partial charge < -0.3 is 9.52 Å². The van der Waals surface area contributed by atoms with Gasteiger partial charge in [0.15, 0.2) is 0 Å². The van der Waals surface area contributed by atoms with Crippen LogP contribution in [0.15, 0.2) is 57.3 Å². The monoisotopic (exact) mass is 418 g/mol. The van der Waals surface area contributed by atoms with E-state index in [2.05, 4.69) is 9.71 Å². The maximum atomic E-state index is 12.9. The zero-order chi connectivity index (χ0) is 20.1. The highest BCUT2D eigenvalue weighted by Crippen LogP contribution is 2.58. The van der Waals surface area contributed by atoms with Gasteiger partial charge in [-0.1, -0.05) is 37.3 Å². The molecule has 0 radical (unpaired) electrons. The Kier molecular flexibility index (Phi) is 4.40. The summed E-state index contributed by atoms with van der Waals surface area (Å²) in [7, 11) is -4.04. The van der Waals surface area contributed by atoms with Crippen molar-refractivity contribution in [3.8, 4) is 10.8 Å². The van der Waals surface area contributed by atoms with Crippen LogP contribution in [-0.4, -0.2) is 30.0 Å². The van der Waals surface area contributed by atoms with Crippen LogP contribution in [0.5, 0.6) is 0 Å². The summed E-state index contributed by atoms with van der Waals surface area (Å²) in [6.45, 7) is 3.49. The van der Waals surface area contributed by atoms with E-state index < -0.39 is 27.4 Å². The van der Waals surface area contributed by atoms with Crippen LogP contribution in [0.2, 0.25) is 0 Å². The normalized spacial score (nSPS) is 24.2. The Morgan fingerprint density at radius 1 is 1.25 bits per heavy atom. The quantitative estimate of drug-likeness (QED) is 0.636. The van der Waals surface area contributed by atoms with Crippen LogP contribution >= 0.6 is 11.3 Å². The van der Waals surface area contributed by atoms with E-state index >= 15 is 0 Å². The molecule has 1 fully saturated rings. The van der Waals surface area contributed by atoms with Gasteiger partial charge in [-0.15, -0.1) is 11.3 Å². The smallest absolute Gasteiger partial charge is 0.325 e. The average Bonchev–Trinajstić information content (AvgIpc) is 3.06. The number of carbonyl (C=O) groups is 1. The fraction of sp³-hybridized carbons (Fsp3) is 0.263. The molecule has 0 spiro atoms. The van der Waals surface area contributed by atoms with Crippen molar-refractivity contribution in [1.82, 2.24) is 9.71 Å². The first kappa shape index (κ1) is 18.9. The van der Waals surface area contributed by atoms with E-state index in [9.17, 15) is 18.3 Å². The molecule has 1 saturated carbocycles. The number of aliphatic carboxylic acids is 1. The molecule has 0 amide bonds. The Hall–Kier alpha value is -2.49. The summed E-state index contributed by atoms with van der Waals surface area (Å²) in [6.07, 6.45) is 1.55. The molecule has 3 atom stereocenters. The molecule has 9 heteroatoms. The number of carboxylic acid groups (broad SMARTS) is 1. The predicted octanol–water partition coefficient (Wildman–Crippen LogP) is 3.25. The molecular weight excluding hydrogens is 400 g/mol. The molecule has 1 aromatic carbocycles. The molecule has 4 rings (SSSR count). The number of oxazole rings is 1. The minimum atomic E-state index is -4.04. The molecule has 1 aliphatic rings. The van der Waals surface area contributed by atoms with Gasteiger partial charge in [0.2, 0.25) is 5.89 Å². The zero-order valence-electron chi connectivity index (χ0n) is 15.1. The Morgan fingerprint density at radius 3 is 2.57 bits per heavy atom. The van der Waals surface area contributed by atoms with E-state index in [0.29, 0.717) is 16.5 Å². The Morgan fingerprint density at radius 2 is 1.96 bits per heavy atom. The lowest BCUT2D eigenvalue weighted by Gasteiger charge is -2.15. The molecule has 1 aliphatic carbocycles. The number of sulfonamides is 1. The molecular formula is C19H18N2O5S2. The highest BCUT2D eigenvalue weighted by molar-refractivity contribution is 7.91. The van der Waals surface area contributed by atoms with Crippen LogP contribution in [0, 0.1) is 12.8 Å². The molecule has 1 unspecified atom stereocenters. The van der Waals surface area contributed by atoms with E-state index in [-0.39, 0.29) is 10.1 Å². The molecule has 28 heavy (non-hydrogen) atoms. The first-order valence-corrected chi connectivity index (χ1v) is 10.9. The Labute approximate surface area is 166 Å². The van der Waals surface area contributed by atoms with Crippen LogP contribution in [0.25, 0.3) is 10.8 Å². The van der Waals surface area contributed by atoms with Crippen molar-refractivity contribution < 1.29 is 22.7 Å². The molecule has 7 nitrogen and oxygen atoms in total. The summed E-state index contributed by atoms with van der Waals surface area (Å²) in [5, 5.41) is 9.85. The van der Waals surface area contributed by atoms with Gasteiger partial charge in [-0.25, -0.2) is 13.4 Å². The molecule has 0 aliphatic heterocycles. The number of hydrogen-bond acceptors (Lipinski definition) is 6. The molecule has 2 N–H and O–H groups in total. The lowest BCUT2D eigenvalue weighted by molar-refractivity contribution is -0.140. The Balaban J connectivity index is 1.65. The van der Waals surface area contributed by atoms with E-state index in [1.165, 1.54) is 6.07 Å². The van der Waals surface area contributed by atoms with Gasteiger partial charge >= 0.3 is 5.97 Å². The summed E-state index contributed by atoms with van der Waals surface area (Å²) in [6, 6.07) is 12.1. The lowest BCUT2D eigenvalue weighted by atomic mass is 10.1. The van der Waals surface area contributed by atoms with Gasteiger partial charge in [0.1, 0.15) is 15.5 Å². The molecule has 146 valence electrons. The summed E-state index contributed by atoms with van der Waals surface area (Å²) < 4.78 is 33.8. The van der Waals surface area contributed by atoms with Crippen molar-refractivity contribution in [3.05, 3.63) is 60.0 Å². The third-order valence-electron chi connectivity index (χ3n) is 5.09. The van der Waals surface area contributed by atoms with E-state index in [1.807, 2.05) is 30.3 Å². The number of nitrogens with one attached hydrogen (secondary N) is 1. The standard InChI is InChI=1S/C19H18N2O5S2/c1-11-10-20-17(26-11)14-8-9-15(27-14)28(24,25)21-19(18(22)23)12(2)16(19)13-6-4-3-5-7-13/h3-10,12,16,21H,1-2H3,(H,22,23)/t12?,16-,19+/m1/s1. The second kappa shape index (κ2) is 6.54. The van der Waals surface area contributed by atoms with Crippen molar-refractivity contribution in [2.24, 2.45) is 5.92 Å². The van der Waals surface area contributed by atoms with Crippen LogP contribution in [0.3, 0.4) is 0 Å². The van der Waals surface area contributed by atoms with Crippen LogP contribution in [-0.2, 0) is 14.8 Å². The number of thiophene rings is 1. The van der Waals surface area contributed by atoms with Gasteiger partial charge in [0.25, 0.3) is 10.0 Å². The molecule has 2 heterocycles. The molecule has 3 aromatic rings. The number of aromatic nitrogens is 1. The fourth-order valence-electron chi connectivity index (χ4n) is 3.62. The van der Waals surface area contributed by atoms with Crippen LogP contribution in [0.4, 0.5) is 0 Å². The zero-order valence-corrected chi connectivity index (χ0v) is 16.8. The molecule has 0 bridgehead atoms. The van der Waals surface area contributed by atoms with E-state index in [1.54, 1.807) is 26.1 Å². The lowest BCUT2D eigenvalue weighted by Crippen LogP contribution is -2.45. The predicted molar refractivity (Wildman–Crippen MR) is 104 cm³/mol. The number of rotatable bonds is 6.